The first-order chi connectivity index (χ1) is 14.6. The molecule has 0 fully saturated rings. The average molecular weight is 496 g/mol. The molecular weight excluding hydrogens is 475 g/mol. The van der Waals surface area contributed by atoms with Gasteiger partial charge in [0.15, 0.2) is 11.5 Å². The number of aliphatic hydroxyl groups excluding tert-OH is 1. The number of hydrogen-bond acceptors (Lipinski definition) is 7. The first-order valence-electron chi connectivity index (χ1n) is 9.12. The third-order valence-corrected chi connectivity index (χ3v) is 5.05. The smallest absolute Gasteiger partial charge is 0.162 e. The van der Waals surface area contributed by atoms with Gasteiger partial charge in [-0.2, -0.15) is 0 Å². The van der Waals surface area contributed by atoms with Gasteiger partial charge in [-0.25, -0.2) is 9.97 Å². The fourth-order valence-electron chi connectivity index (χ4n) is 3.17. The summed E-state index contributed by atoms with van der Waals surface area (Å²) in [6.07, 6.45) is 3.89. The number of ether oxygens (including phenoxy) is 2. The predicted molar refractivity (Wildman–Crippen MR) is 130 cm³/mol. The molecule has 1 unspecified atom stereocenters. The zero-order chi connectivity index (χ0) is 21.1. The van der Waals surface area contributed by atoms with Gasteiger partial charge < -0.3 is 19.9 Å². The SMILES string of the molecule is COc1cc2ncnc(Nc3ccc(C(O)c4ccncc4)c(Cl)c3)c2cc1OC.Cl.Cl. The van der Waals surface area contributed by atoms with Crippen molar-refractivity contribution in [2.75, 3.05) is 19.5 Å². The van der Waals surface area contributed by atoms with Gasteiger partial charge in [0.1, 0.15) is 18.2 Å². The molecule has 2 N–H and O–H groups in total. The molecule has 4 rings (SSSR count). The van der Waals surface area contributed by atoms with Crippen LogP contribution < -0.4 is 14.8 Å². The Kier molecular flexibility index (Phi) is 8.86. The summed E-state index contributed by atoms with van der Waals surface area (Å²) in [5.41, 5.74) is 2.75. The first kappa shape index (κ1) is 25.4. The van der Waals surface area contributed by atoms with E-state index in [9.17, 15) is 5.11 Å². The van der Waals surface area contributed by atoms with Gasteiger partial charge in [0, 0.05) is 40.1 Å². The van der Waals surface area contributed by atoms with Gasteiger partial charge in [-0.3, -0.25) is 4.98 Å². The van der Waals surface area contributed by atoms with Crippen molar-refractivity contribution in [1.29, 1.82) is 0 Å². The first-order valence-corrected chi connectivity index (χ1v) is 9.49. The van der Waals surface area contributed by atoms with E-state index in [0.717, 1.165) is 16.6 Å². The van der Waals surface area contributed by atoms with Gasteiger partial charge in [0.05, 0.1) is 19.7 Å². The van der Waals surface area contributed by atoms with Crippen LogP contribution in [0.5, 0.6) is 11.5 Å². The van der Waals surface area contributed by atoms with Crippen LogP contribution in [-0.4, -0.2) is 34.3 Å². The molecule has 2 aromatic heterocycles. The number of nitrogens with zero attached hydrogens (tertiary/aromatic N) is 3. The number of methoxy groups -OCH3 is 2. The van der Waals surface area contributed by atoms with Crippen LogP contribution in [0.1, 0.15) is 17.2 Å². The molecular formula is C22H21Cl3N4O3. The Morgan fingerprint density at radius 2 is 1.62 bits per heavy atom. The summed E-state index contributed by atoms with van der Waals surface area (Å²) in [6, 6.07) is 12.5. The summed E-state index contributed by atoms with van der Waals surface area (Å²) >= 11 is 6.46. The lowest BCUT2D eigenvalue weighted by Crippen LogP contribution is -2.02. The average Bonchev–Trinajstić information content (AvgIpc) is 2.78. The van der Waals surface area contributed by atoms with Crippen molar-refractivity contribution in [2.45, 2.75) is 6.10 Å². The van der Waals surface area contributed by atoms with Crippen LogP contribution in [0.15, 0.2) is 61.2 Å². The zero-order valence-corrected chi connectivity index (χ0v) is 19.5. The molecule has 0 amide bonds. The van der Waals surface area contributed by atoms with Crippen molar-refractivity contribution >= 4 is 58.8 Å². The fraction of sp³-hybridized carbons (Fsp3) is 0.136. The van der Waals surface area contributed by atoms with E-state index in [1.807, 2.05) is 12.1 Å². The molecule has 0 radical (unpaired) electrons. The third-order valence-electron chi connectivity index (χ3n) is 4.72. The van der Waals surface area contributed by atoms with Gasteiger partial charge in [-0.05, 0) is 35.9 Å². The van der Waals surface area contributed by atoms with Crippen molar-refractivity contribution in [3.63, 3.8) is 0 Å². The number of fused-ring (bicyclic) bond motifs is 1. The minimum absolute atomic E-state index is 0. The molecule has 0 saturated carbocycles. The minimum atomic E-state index is -0.842. The quantitative estimate of drug-likeness (QED) is 0.372. The Bertz CT molecular complexity index is 1200. The molecule has 10 heteroatoms. The van der Waals surface area contributed by atoms with E-state index in [1.54, 1.807) is 56.9 Å². The van der Waals surface area contributed by atoms with Crippen molar-refractivity contribution in [3.8, 4) is 11.5 Å². The van der Waals surface area contributed by atoms with Crippen LogP contribution in [0.3, 0.4) is 0 Å². The minimum Gasteiger partial charge on any atom is -0.493 e. The highest BCUT2D eigenvalue weighted by Gasteiger charge is 2.15. The highest BCUT2D eigenvalue weighted by molar-refractivity contribution is 6.31. The molecule has 0 saturated heterocycles. The second-order valence-electron chi connectivity index (χ2n) is 6.49. The van der Waals surface area contributed by atoms with E-state index in [0.29, 0.717) is 33.4 Å². The van der Waals surface area contributed by atoms with E-state index in [1.165, 1.54) is 6.33 Å². The number of benzene rings is 2. The summed E-state index contributed by atoms with van der Waals surface area (Å²) in [7, 11) is 3.15. The number of anilines is 2. The topological polar surface area (TPSA) is 89.4 Å². The number of aliphatic hydroxyl groups is 1. The predicted octanol–water partition coefficient (Wildman–Crippen LogP) is 5.36. The normalized spacial score (nSPS) is 11.1. The summed E-state index contributed by atoms with van der Waals surface area (Å²) in [5.74, 6) is 1.77. The van der Waals surface area contributed by atoms with Crippen molar-refractivity contribution in [3.05, 3.63) is 77.3 Å². The molecule has 1 atom stereocenters. The van der Waals surface area contributed by atoms with Crippen molar-refractivity contribution < 1.29 is 14.6 Å². The molecule has 32 heavy (non-hydrogen) atoms. The lowest BCUT2D eigenvalue weighted by Gasteiger charge is -2.15. The molecule has 4 aromatic rings. The van der Waals surface area contributed by atoms with Gasteiger partial charge >= 0.3 is 0 Å². The molecule has 0 bridgehead atoms. The van der Waals surface area contributed by atoms with Crippen LogP contribution in [0.2, 0.25) is 5.02 Å². The van der Waals surface area contributed by atoms with E-state index in [-0.39, 0.29) is 24.8 Å². The van der Waals surface area contributed by atoms with E-state index < -0.39 is 6.10 Å². The van der Waals surface area contributed by atoms with Crippen LogP contribution in [0.25, 0.3) is 10.9 Å². The second kappa shape index (κ2) is 11.2. The van der Waals surface area contributed by atoms with Crippen LogP contribution in [0.4, 0.5) is 11.5 Å². The molecule has 0 aliphatic carbocycles. The van der Waals surface area contributed by atoms with Gasteiger partial charge in [0.2, 0.25) is 0 Å². The Morgan fingerprint density at radius 3 is 2.28 bits per heavy atom. The maximum absolute atomic E-state index is 10.6. The summed E-state index contributed by atoms with van der Waals surface area (Å²) < 4.78 is 10.7. The van der Waals surface area contributed by atoms with Gasteiger partial charge in [-0.1, -0.05) is 17.7 Å². The van der Waals surface area contributed by atoms with E-state index in [4.69, 9.17) is 21.1 Å². The lowest BCUT2D eigenvalue weighted by atomic mass is 10.0. The maximum Gasteiger partial charge on any atom is 0.162 e. The molecule has 7 nitrogen and oxygen atoms in total. The van der Waals surface area contributed by atoms with Crippen molar-refractivity contribution in [1.82, 2.24) is 15.0 Å². The summed E-state index contributed by atoms with van der Waals surface area (Å²) in [4.78, 5) is 12.6. The van der Waals surface area contributed by atoms with E-state index in [2.05, 4.69) is 20.3 Å². The molecule has 168 valence electrons. The van der Waals surface area contributed by atoms with E-state index >= 15 is 0 Å². The highest BCUT2D eigenvalue weighted by atomic mass is 35.5. The maximum atomic E-state index is 10.6. The standard InChI is InChI=1S/C22H19ClN4O3.2ClH/c1-29-19-10-16-18(11-20(19)30-2)25-12-26-22(16)27-14-3-4-15(17(23)9-14)21(28)13-5-7-24-8-6-13;;/h3-12,21,28H,1-2H3,(H,25,26,27);2*1H. The van der Waals surface area contributed by atoms with Crippen LogP contribution >= 0.6 is 36.4 Å². The monoisotopic (exact) mass is 494 g/mol. The molecule has 0 aliphatic heterocycles. The summed E-state index contributed by atoms with van der Waals surface area (Å²) in [6.45, 7) is 0. The second-order valence-corrected chi connectivity index (χ2v) is 6.90. The van der Waals surface area contributed by atoms with Crippen LogP contribution in [0, 0.1) is 0 Å². The molecule has 2 heterocycles. The zero-order valence-electron chi connectivity index (χ0n) is 17.2. The Labute approximate surface area is 202 Å². The van der Waals surface area contributed by atoms with Crippen molar-refractivity contribution in [2.24, 2.45) is 0 Å². The largest absolute Gasteiger partial charge is 0.493 e. The van der Waals surface area contributed by atoms with Crippen LogP contribution in [-0.2, 0) is 0 Å². The molecule has 0 aliphatic rings. The molecule has 2 aromatic carbocycles. The van der Waals surface area contributed by atoms with Gasteiger partial charge in [0.25, 0.3) is 0 Å². The number of hydrogen-bond donors (Lipinski definition) is 2. The number of nitrogens with one attached hydrogen (secondary N) is 1. The fourth-order valence-corrected chi connectivity index (χ4v) is 3.46. The number of halogens is 3. The Morgan fingerprint density at radius 1 is 0.938 bits per heavy atom. The Balaban J connectivity index is 0.00000181. The third kappa shape index (κ3) is 5.14. The number of aromatic nitrogens is 3. The lowest BCUT2D eigenvalue weighted by molar-refractivity contribution is 0.220. The number of pyridine rings is 1. The number of rotatable bonds is 6. The Hall–Kier alpha value is -2.84. The highest BCUT2D eigenvalue weighted by Crippen LogP contribution is 2.35. The molecule has 0 spiro atoms. The van der Waals surface area contributed by atoms with Gasteiger partial charge in [-0.15, -0.1) is 24.8 Å². The summed E-state index contributed by atoms with van der Waals surface area (Å²) in [5, 5.41) is 15.1.